The summed E-state index contributed by atoms with van der Waals surface area (Å²) in [5, 5.41) is 19.3. The minimum Gasteiger partial charge on any atom is -0.495 e. The lowest BCUT2D eigenvalue weighted by atomic mass is 10.3. The van der Waals surface area contributed by atoms with Gasteiger partial charge in [-0.1, -0.05) is 0 Å². The van der Waals surface area contributed by atoms with Gasteiger partial charge in [-0.25, -0.2) is 8.42 Å². The summed E-state index contributed by atoms with van der Waals surface area (Å²) >= 11 is 0. The van der Waals surface area contributed by atoms with Crippen molar-refractivity contribution in [1.29, 1.82) is 5.26 Å². The van der Waals surface area contributed by atoms with Gasteiger partial charge >= 0.3 is 0 Å². The van der Waals surface area contributed by atoms with E-state index in [1.807, 2.05) is 6.07 Å². The van der Waals surface area contributed by atoms with Gasteiger partial charge in [0.2, 0.25) is 0 Å². The molecule has 0 aromatic heterocycles. The number of nitro benzene ring substituents is 1. The largest absolute Gasteiger partial charge is 0.495 e. The van der Waals surface area contributed by atoms with Gasteiger partial charge in [0.15, 0.2) is 6.61 Å². The number of nitrogens with one attached hydrogen (secondary N) is 1. The lowest BCUT2D eigenvalue weighted by Gasteiger charge is -2.12. The molecule has 0 radical (unpaired) electrons. The van der Waals surface area contributed by atoms with Crippen LogP contribution in [0.3, 0.4) is 0 Å². The van der Waals surface area contributed by atoms with Crippen molar-refractivity contribution in [3.63, 3.8) is 0 Å². The molecule has 0 spiro atoms. The van der Waals surface area contributed by atoms with E-state index in [4.69, 9.17) is 14.7 Å². The average Bonchev–Trinajstić information content (AvgIpc) is 2.60. The van der Waals surface area contributed by atoms with Gasteiger partial charge in [0, 0.05) is 17.8 Å². The summed E-state index contributed by atoms with van der Waals surface area (Å²) in [6, 6.07) is 11.0. The first-order chi connectivity index (χ1) is 11.9. The number of methoxy groups -OCH3 is 1. The molecule has 0 saturated heterocycles. The Hall–Kier alpha value is -3.32. The van der Waals surface area contributed by atoms with Crippen molar-refractivity contribution in [2.24, 2.45) is 0 Å². The normalized spacial score (nSPS) is 10.6. The van der Waals surface area contributed by atoms with Crippen molar-refractivity contribution in [3.05, 3.63) is 52.6 Å². The number of benzene rings is 2. The molecular weight excluding hydrogens is 350 g/mol. The number of nitro groups is 1. The van der Waals surface area contributed by atoms with Crippen LogP contribution in [0.4, 0.5) is 11.4 Å². The topological polar surface area (TPSA) is 132 Å². The fourth-order valence-electron chi connectivity index (χ4n) is 1.93. The van der Waals surface area contributed by atoms with Crippen LogP contribution in [0.25, 0.3) is 0 Å². The van der Waals surface area contributed by atoms with E-state index in [9.17, 15) is 18.5 Å². The number of nitriles is 1. The Bertz CT molecular complexity index is 919. The summed E-state index contributed by atoms with van der Waals surface area (Å²) in [6.07, 6.45) is 0. The van der Waals surface area contributed by atoms with Gasteiger partial charge in [-0.15, -0.1) is 0 Å². The Kier molecular flexibility index (Phi) is 5.41. The lowest BCUT2D eigenvalue weighted by Crippen LogP contribution is -2.14. The van der Waals surface area contributed by atoms with Crippen LogP contribution in [0.1, 0.15) is 0 Å². The van der Waals surface area contributed by atoms with Crippen LogP contribution in [0.15, 0.2) is 47.4 Å². The van der Waals surface area contributed by atoms with Crippen LogP contribution in [0.2, 0.25) is 0 Å². The van der Waals surface area contributed by atoms with E-state index in [0.717, 1.165) is 12.1 Å². The number of ether oxygens (including phenoxy) is 2. The van der Waals surface area contributed by atoms with Crippen molar-refractivity contribution in [2.45, 2.75) is 4.90 Å². The molecule has 0 atom stereocenters. The van der Waals surface area contributed by atoms with Gasteiger partial charge in [0.05, 0.1) is 12.0 Å². The molecule has 0 heterocycles. The van der Waals surface area contributed by atoms with Gasteiger partial charge in [-0.3, -0.25) is 14.8 Å². The molecule has 9 nitrogen and oxygen atoms in total. The Balaban J connectivity index is 2.31. The van der Waals surface area contributed by atoms with Crippen molar-refractivity contribution in [3.8, 4) is 17.6 Å². The molecule has 0 aliphatic rings. The zero-order valence-corrected chi connectivity index (χ0v) is 13.8. The SMILES string of the molecule is COc1ccc([N+](=O)[O-])cc1S(=O)(=O)Nc1ccc(OCC#N)cc1. The second kappa shape index (κ2) is 7.50. The molecule has 10 heteroatoms. The van der Waals surface area contributed by atoms with Gasteiger partial charge in [-0.05, 0) is 30.3 Å². The highest BCUT2D eigenvalue weighted by atomic mass is 32.2. The predicted molar refractivity (Wildman–Crippen MR) is 88.0 cm³/mol. The maximum Gasteiger partial charge on any atom is 0.271 e. The molecule has 0 aliphatic carbocycles. The van der Waals surface area contributed by atoms with Gasteiger partial charge in [0.1, 0.15) is 22.5 Å². The van der Waals surface area contributed by atoms with Crippen LogP contribution in [-0.2, 0) is 10.0 Å². The summed E-state index contributed by atoms with van der Waals surface area (Å²) in [4.78, 5) is 9.83. The molecule has 1 N–H and O–H groups in total. The lowest BCUT2D eigenvalue weighted by molar-refractivity contribution is -0.385. The summed E-state index contributed by atoms with van der Waals surface area (Å²) in [7, 11) is -2.85. The fourth-order valence-corrected chi connectivity index (χ4v) is 3.18. The predicted octanol–water partition coefficient (Wildman–Crippen LogP) is 2.31. The van der Waals surface area contributed by atoms with E-state index < -0.39 is 14.9 Å². The third-order valence-electron chi connectivity index (χ3n) is 3.06. The number of hydrogen-bond acceptors (Lipinski definition) is 7. The number of anilines is 1. The van der Waals surface area contributed by atoms with Gasteiger partial charge in [0.25, 0.3) is 15.7 Å². The monoisotopic (exact) mass is 363 g/mol. The molecule has 0 saturated carbocycles. The van der Waals surface area contributed by atoms with Crippen molar-refractivity contribution in [2.75, 3.05) is 18.4 Å². The minimum absolute atomic E-state index is 0.0212. The van der Waals surface area contributed by atoms with Crippen LogP contribution in [0.5, 0.6) is 11.5 Å². The Morgan fingerprint density at radius 1 is 1.24 bits per heavy atom. The van der Waals surface area contributed by atoms with Crippen molar-refractivity contribution in [1.82, 2.24) is 0 Å². The average molecular weight is 363 g/mol. The molecule has 2 aromatic rings. The van der Waals surface area contributed by atoms with E-state index in [-0.39, 0.29) is 28.6 Å². The quantitative estimate of drug-likeness (QED) is 0.589. The molecule has 25 heavy (non-hydrogen) atoms. The molecule has 0 bridgehead atoms. The standard InChI is InChI=1S/C15H13N3O6S/c1-23-14-7-4-12(18(19)20)10-15(14)25(21,22)17-11-2-5-13(6-3-11)24-9-8-16/h2-7,10,17H,9H2,1H3. The Labute approximate surface area is 143 Å². The van der Waals surface area contributed by atoms with Crippen molar-refractivity contribution >= 4 is 21.4 Å². The smallest absolute Gasteiger partial charge is 0.271 e. The summed E-state index contributed by atoms with van der Waals surface area (Å²) in [6.45, 7) is -0.129. The highest BCUT2D eigenvalue weighted by Gasteiger charge is 2.23. The summed E-state index contributed by atoms with van der Waals surface area (Å²) in [5.41, 5.74) is -0.153. The van der Waals surface area contributed by atoms with Crippen molar-refractivity contribution < 1.29 is 22.8 Å². The third-order valence-corrected chi connectivity index (χ3v) is 4.46. The maximum atomic E-state index is 12.5. The molecule has 2 rings (SSSR count). The van der Waals surface area contributed by atoms with E-state index in [1.165, 1.54) is 37.4 Å². The Morgan fingerprint density at radius 3 is 2.48 bits per heavy atom. The van der Waals surface area contributed by atoms with Crippen LogP contribution in [0, 0.1) is 21.4 Å². The number of rotatable bonds is 7. The molecular formula is C15H13N3O6S. The molecule has 0 amide bonds. The first-order valence-corrected chi connectivity index (χ1v) is 8.31. The molecule has 130 valence electrons. The second-order valence-electron chi connectivity index (χ2n) is 4.67. The Morgan fingerprint density at radius 2 is 1.92 bits per heavy atom. The summed E-state index contributed by atoms with van der Waals surface area (Å²) in [5.74, 6) is 0.379. The molecule has 0 fully saturated rings. The maximum absolute atomic E-state index is 12.5. The van der Waals surface area contributed by atoms with E-state index in [2.05, 4.69) is 4.72 Å². The first kappa shape index (κ1) is 18.0. The number of hydrogen-bond donors (Lipinski definition) is 1. The zero-order chi connectivity index (χ0) is 18.4. The van der Waals surface area contributed by atoms with E-state index in [1.54, 1.807) is 0 Å². The van der Waals surface area contributed by atoms with E-state index in [0.29, 0.717) is 5.75 Å². The van der Waals surface area contributed by atoms with Gasteiger partial charge < -0.3 is 9.47 Å². The van der Waals surface area contributed by atoms with E-state index >= 15 is 0 Å². The molecule has 0 aliphatic heterocycles. The first-order valence-electron chi connectivity index (χ1n) is 6.82. The molecule has 0 unspecified atom stereocenters. The molecule has 2 aromatic carbocycles. The zero-order valence-electron chi connectivity index (χ0n) is 13.0. The third kappa shape index (κ3) is 4.36. The fraction of sp³-hybridized carbons (Fsp3) is 0.133. The highest BCUT2D eigenvalue weighted by Crippen LogP contribution is 2.30. The number of sulfonamides is 1. The van der Waals surface area contributed by atoms with Crippen LogP contribution < -0.4 is 14.2 Å². The van der Waals surface area contributed by atoms with Gasteiger partial charge in [-0.2, -0.15) is 5.26 Å². The second-order valence-corrected chi connectivity index (χ2v) is 6.32. The van der Waals surface area contributed by atoms with Crippen LogP contribution in [-0.4, -0.2) is 27.1 Å². The minimum atomic E-state index is -4.11. The van der Waals surface area contributed by atoms with Crippen LogP contribution >= 0.6 is 0 Å². The number of non-ortho nitro benzene ring substituents is 1. The highest BCUT2D eigenvalue weighted by molar-refractivity contribution is 7.92. The summed E-state index contributed by atoms with van der Waals surface area (Å²) < 4.78 is 37.4. The number of nitrogens with zero attached hydrogens (tertiary/aromatic N) is 2.